The van der Waals surface area contributed by atoms with Crippen molar-refractivity contribution in [2.75, 3.05) is 11.9 Å². The Morgan fingerprint density at radius 1 is 1.21 bits per heavy atom. The molecular formula is C14H11ClFNO2. The highest BCUT2D eigenvalue weighted by Crippen LogP contribution is 2.22. The SMILES string of the molecule is O=C(COc1ccccc1)Nc1ccc(F)cc1Cl. The number of carbonyl (C=O) groups excluding carboxylic acids is 1. The van der Waals surface area contributed by atoms with Crippen LogP contribution >= 0.6 is 11.6 Å². The maximum absolute atomic E-state index is 12.8. The van der Waals surface area contributed by atoms with Crippen LogP contribution in [0.3, 0.4) is 0 Å². The molecule has 1 N–H and O–H groups in total. The minimum absolute atomic E-state index is 0.141. The third-order valence-corrected chi connectivity index (χ3v) is 2.63. The first-order chi connectivity index (χ1) is 9.15. The molecule has 0 aliphatic rings. The number of hydrogen-bond acceptors (Lipinski definition) is 2. The maximum Gasteiger partial charge on any atom is 0.262 e. The molecule has 5 heteroatoms. The van der Waals surface area contributed by atoms with Crippen LogP contribution in [0.4, 0.5) is 10.1 Å². The third-order valence-electron chi connectivity index (χ3n) is 2.32. The fourth-order valence-electron chi connectivity index (χ4n) is 1.44. The van der Waals surface area contributed by atoms with Gasteiger partial charge in [0.05, 0.1) is 10.7 Å². The van der Waals surface area contributed by atoms with Gasteiger partial charge in [-0.05, 0) is 30.3 Å². The average molecular weight is 280 g/mol. The summed E-state index contributed by atoms with van der Waals surface area (Å²) in [6.45, 7) is -0.141. The average Bonchev–Trinajstić information content (AvgIpc) is 2.41. The Labute approximate surface area is 115 Å². The molecule has 0 heterocycles. The molecule has 3 nitrogen and oxygen atoms in total. The number of benzene rings is 2. The molecule has 98 valence electrons. The van der Waals surface area contributed by atoms with Crippen molar-refractivity contribution in [1.29, 1.82) is 0 Å². The van der Waals surface area contributed by atoms with E-state index in [0.29, 0.717) is 11.4 Å². The number of nitrogens with one attached hydrogen (secondary N) is 1. The van der Waals surface area contributed by atoms with Crippen LogP contribution in [0.15, 0.2) is 48.5 Å². The molecule has 19 heavy (non-hydrogen) atoms. The molecule has 0 spiro atoms. The van der Waals surface area contributed by atoms with Crippen LogP contribution in [0.25, 0.3) is 0 Å². The Bertz CT molecular complexity index is 575. The van der Waals surface area contributed by atoms with Crippen molar-refractivity contribution in [3.05, 3.63) is 59.4 Å². The Hall–Kier alpha value is -2.07. The molecule has 0 unspecified atom stereocenters. The van der Waals surface area contributed by atoms with Crippen LogP contribution in [-0.4, -0.2) is 12.5 Å². The first-order valence-electron chi connectivity index (χ1n) is 5.58. The normalized spacial score (nSPS) is 10.0. The van der Waals surface area contributed by atoms with Crippen LogP contribution < -0.4 is 10.1 Å². The molecule has 0 saturated heterocycles. The van der Waals surface area contributed by atoms with Gasteiger partial charge < -0.3 is 10.1 Å². The molecule has 0 saturated carbocycles. The lowest BCUT2D eigenvalue weighted by Gasteiger charge is -2.08. The molecule has 0 bridgehead atoms. The highest BCUT2D eigenvalue weighted by Gasteiger charge is 2.07. The van der Waals surface area contributed by atoms with E-state index in [1.54, 1.807) is 12.1 Å². The van der Waals surface area contributed by atoms with E-state index in [0.717, 1.165) is 6.07 Å². The summed E-state index contributed by atoms with van der Waals surface area (Å²) in [6.07, 6.45) is 0. The number of ether oxygens (including phenoxy) is 1. The van der Waals surface area contributed by atoms with E-state index >= 15 is 0 Å². The van der Waals surface area contributed by atoms with E-state index < -0.39 is 5.82 Å². The first-order valence-corrected chi connectivity index (χ1v) is 5.96. The summed E-state index contributed by atoms with van der Waals surface area (Å²) in [5.74, 6) is -0.219. The van der Waals surface area contributed by atoms with Gasteiger partial charge in [0.15, 0.2) is 6.61 Å². The van der Waals surface area contributed by atoms with Crippen LogP contribution in [0.5, 0.6) is 5.75 Å². The van der Waals surface area contributed by atoms with Gasteiger partial charge in [-0.25, -0.2) is 4.39 Å². The molecule has 0 aliphatic heterocycles. The predicted octanol–water partition coefficient (Wildman–Crippen LogP) is 3.50. The minimum Gasteiger partial charge on any atom is -0.484 e. The number of para-hydroxylation sites is 1. The van der Waals surface area contributed by atoms with Gasteiger partial charge in [-0.2, -0.15) is 0 Å². The van der Waals surface area contributed by atoms with Crippen molar-refractivity contribution in [2.45, 2.75) is 0 Å². The monoisotopic (exact) mass is 279 g/mol. The molecular weight excluding hydrogens is 269 g/mol. The van der Waals surface area contributed by atoms with Gasteiger partial charge in [-0.3, -0.25) is 4.79 Å². The zero-order chi connectivity index (χ0) is 13.7. The second-order valence-electron chi connectivity index (χ2n) is 3.77. The summed E-state index contributed by atoms with van der Waals surface area (Å²) in [6, 6.07) is 12.7. The van der Waals surface area contributed by atoms with Crippen molar-refractivity contribution in [3.8, 4) is 5.75 Å². The molecule has 0 atom stereocenters. The lowest BCUT2D eigenvalue weighted by molar-refractivity contribution is -0.118. The second-order valence-corrected chi connectivity index (χ2v) is 4.18. The van der Waals surface area contributed by atoms with Crippen molar-refractivity contribution >= 4 is 23.2 Å². The molecule has 0 fully saturated rings. The molecule has 2 aromatic rings. The van der Waals surface area contributed by atoms with Gasteiger partial charge >= 0.3 is 0 Å². The second kappa shape index (κ2) is 6.20. The Kier molecular flexibility index (Phi) is 4.36. The highest BCUT2D eigenvalue weighted by atomic mass is 35.5. The molecule has 2 aromatic carbocycles. The fraction of sp³-hybridized carbons (Fsp3) is 0.0714. The van der Waals surface area contributed by atoms with E-state index in [-0.39, 0.29) is 17.5 Å². The Morgan fingerprint density at radius 2 is 1.95 bits per heavy atom. The summed E-state index contributed by atoms with van der Waals surface area (Å²) in [4.78, 5) is 11.6. The van der Waals surface area contributed by atoms with Crippen LogP contribution in [0.2, 0.25) is 5.02 Å². The minimum atomic E-state index is -0.455. The number of anilines is 1. The van der Waals surface area contributed by atoms with Crippen LogP contribution in [0, 0.1) is 5.82 Å². The van der Waals surface area contributed by atoms with Gasteiger partial charge in [0, 0.05) is 0 Å². The maximum atomic E-state index is 12.8. The van der Waals surface area contributed by atoms with Gasteiger partial charge in [-0.1, -0.05) is 29.8 Å². The Balaban J connectivity index is 1.91. The van der Waals surface area contributed by atoms with E-state index in [1.807, 2.05) is 18.2 Å². The van der Waals surface area contributed by atoms with Crippen molar-refractivity contribution in [2.24, 2.45) is 0 Å². The van der Waals surface area contributed by atoms with Crippen LogP contribution in [-0.2, 0) is 4.79 Å². The van der Waals surface area contributed by atoms with Crippen molar-refractivity contribution in [3.63, 3.8) is 0 Å². The molecule has 0 radical (unpaired) electrons. The standard InChI is InChI=1S/C14H11ClFNO2/c15-12-8-10(16)6-7-13(12)17-14(18)9-19-11-4-2-1-3-5-11/h1-8H,9H2,(H,17,18). The quantitative estimate of drug-likeness (QED) is 0.930. The number of carbonyl (C=O) groups is 1. The number of amides is 1. The lowest BCUT2D eigenvalue weighted by atomic mass is 10.3. The lowest BCUT2D eigenvalue weighted by Crippen LogP contribution is -2.20. The highest BCUT2D eigenvalue weighted by molar-refractivity contribution is 6.33. The summed E-state index contributed by atoms with van der Waals surface area (Å²) in [5, 5.41) is 2.69. The van der Waals surface area contributed by atoms with Gasteiger partial charge in [-0.15, -0.1) is 0 Å². The fourth-order valence-corrected chi connectivity index (χ4v) is 1.66. The van der Waals surface area contributed by atoms with E-state index in [4.69, 9.17) is 16.3 Å². The summed E-state index contributed by atoms with van der Waals surface area (Å²) in [5.41, 5.74) is 0.352. The largest absolute Gasteiger partial charge is 0.484 e. The molecule has 1 amide bonds. The van der Waals surface area contributed by atoms with Gasteiger partial charge in [0.1, 0.15) is 11.6 Å². The van der Waals surface area contributed by atoms with E-state index in [9.17, 15) is 9.18 Å². The summed E-state index contributed by atoms with van der Waals surface area (Å²) < 4.78 is 18.1. The zero-order valence-corrected chi connectivity index (χ0v) is 10.7. The predicted molar refractivity (Wildman–Crippen MR) is 72.0 cm³/mol. The van der Waals surface area contributed by atoms with Crippen molar-refractivity contribution in [1.82, 2.24) is 0 Å². The first kappa shape index (κ1) is 13.4. The van der Waals surface area contributed by atoms with Crippen molar-refractivity contribution < 1.29 is 13.9 Å². The number of halogens is 2. The van der Waals surface area contributed by atoms with Crippen LogP contribution in [0.1, 0.15) is 0 Å². The van der Waals surface area contributed by atoms with E-state index in [1.165, 1.54) is 12.1 Å². The number of hydrogen-bond donors (Lipinski definition) is 1. The number of rotatable bonds is 4. The van der Waals surface area contributed by atoms with E-state index in [2.05, 4.69) is 5.32 Å². The third kappa shape index (κ3) is 3.96. The molecule has 0 aliphatic carbocycles. The summed E-state index contributed by atoms with van der Waals surface area (Å²) in [7, 11) is 0. The smallest absolute Gasteiger partial charge is 0.262 e. The molecule has 2 rings (SSSR count). The molecule has 0 aromatic heterocycles. The topological polar surface area (TPSA) is 38.3 Å². The van der Waals surface area contributed by atoms with Gasteiger partial charge in [0.2, 0.25) is 0 Å². The summed E-state index contributed by atoms with van der Waals surface area (Å²) >= 11 is 5.80. The zero-order valence-electron chi connectivity index (χ0n) is 9.90. The Morgan fingerprint density at radius 3 is 2.63 bits per heavy atom. The van der Waals surface area contributed by atoms with Gasteiger partial charge in [0.25, 0.3) is 5.91 Å².